The highest BCUT2D eigenvalue weighted by Gasteiger charge is 2.47. The molecule has 148 valence electrons. The van der Waals surface area contributed by atoms with Crippen molar-refractivity contribution in [2.75, 3.05) is 6.26 Å². The molecule has 0 radical (unpaired) electrons. The van der Waals surface area contributed by atoms with Crippen LogP contribution in [0.1, 0.15) is 42.7 Å². The van der Waals surface area contributed by atoms with Crippen LogP contribution in [0.3, 0.4) is 0 Å². The van der Waals surface area contributed by atoms with Gasteiger partial charge in [0.05, 0.1) is 12.3 Å². The van der Waals surface area contributed by atoms with E-state index < -0.39 is 26.6 Å². The number of hydrogen-bond acceptors (Lipinski definition) is 4. The molecule has 0 aromatic heterocycles. The van der Waals surface area contributed by atoms with Gasteiger partial charge in [-0.2, -0.15) is 8.42 Å². The molecule has 2 aromatic carbocycles. The minimum Gasteiger partial charge on any atom is -0.305 e. The van der Waals surface area contributed by atoms with E-state index in [9.17, 15) is 8.42 Å². The molecule has 2 atom stereocenters. The van der Waals surface area contributed by atoms with Crippen LogP contribution in [-0.4, -0.2) is 25.0 Å². The molecule has 0 unspecified atom stereocenters. The molecule has 0 aliphatic heterocycles. The Hall–Kier alpha value is -1.11. The maximum Gasteiger partial charge on any atom is 0.265 e. The summed E-state index contributed by atoms with van der Waals surface area (Å²) >= 11 is 13.7. The highest BCUT2D eigenvalue weighted by Crippen LogP contribution is 2.48. The molecule has 7 heteroatoms. The molecule has 0 saturated carbocycles. The molecule has 0 saturated heterocycles. The lowest BCUT2D eigenvalue weighted by atomic mass is 9.94. The Morgan fingerprint density at radius 2 is 1.52 bits per heavy atom. The van der Waals surface area contributed by atoms with Gasteiger partial charge in [0.1, 0.15) is 6.10 Å². The van der Waals surface area contributed by atoms with E-state index in [4.69, 9.17) is 27.4 Å². The Morgan fingerprint density at radius 1 is 0.963 bits per heavy atom. The second-order valence-electron chi connectivity index (χ2n) is 6.93. The minimum absolute atomic E-state index is 0.0592. The quantitative estimate of drug-likeness (QED) is 0.477. The van der Waals surface area contributed by atoms with Gasteiger partial charge in [0, 0.05) is 6.04 Å². The van der Waals surface area contributed by atoms with E-state index in [1.807, 2.05) is 63.2 Å². The van der Waals surface area contributed by atoms with Gasteiger partial charge in [-0.3, -0.25) is 4.18 Å². The zero-order valence-electron chi connectivity index (χ0n) is 15.8. The second kappa shape index (κ2) is 8.93. The van der Waals surface area contributed by atoms with Crippen molar-refractivity contribution < 1.29 is 12.6 Å². The number of aryl methyl sites for hydroxylation is 1. The molecule has 0 aliphatic carbocycles. The van der Waals surface area contributed by atoms with Crippen LogP contribution in [0.25, 0.3) is 0 Å². The Morgan fingerprint density at radius 3 is 2.00 bits per heavy atom. The molecule has 0 spiro atoms. The van der Waals surface area contributed by atoms with Gasteiger partial charge in [-0.1, -0.05) is 97.2 Å². The second-order valence-corrected chi connectivity index (χ2v) is 9.98. The lowest BCUT2D eigenvalue weighted by Gasteiger charge is -2.38. The van der Waals surface area contributed by atoms with Crippen molar-refractivity contribution in [1.82, 2.24) is 5.32 Å². The van der Waals surface area contributed by atoms with Crippen LogP contribution in [0.4, 0.5) is 0 Å². The van der Waals surface area contributed by atoms with Gasteiger partial charge in [0.2, 0.25) is 0 Å². The van der Waals surface area contributed by atoms with E-state index in [2.05, 4.69) is 5.32 Å². The monoisotopic (exact) mass is 429 g/mol. The van der Waals surface area contributed by atoms with E-state index in [-0.39, 0.29) is 6.04 Å². The molecule has 0 aliphatic rings. The average Bonchev–Trinajstić information content (AvgIpc) is 2.58. The maximum absolute atomic E-state index is 11.9. The highest BCUT2D eigenvalue weighted by molar-refractivity contribution is 7.86. The van der Waals surface area contributed by atoms with Gasteiger partial charge < -0.3 is 5.32 Å². The lowest BCUT2D eigenvalue weighted by Crippen LogP contribution is -2.44. The van der Waals surface area contributed by atoms with Crippen LogP contribution in [0.2, 0.25) is 0 Å². The number of nitrogens with one attached hydrogen (secondary N) is 1. The molecule has 1 N–H and O–H groups in total. The van der Waals surface area contributed by atoms with E-state index in [0.29, 0.717) is 5.56 Å². The molecule has 2 aromatic rings. The summed E-state index contributed by atoms with van der Waals surface area (Å²) in [6.07, 6.45) is -0.0984. The average molecular weight is 430 g/mol. The Labute approximate surface area is 172 Å². The Kier molecular flexibility index (Phi) is 7.33. The van der Waals surface area contributed by atoms with Crippen molar-refractivity contribution in [3.8, 4) is 0 Å². The van der Waals surface area contributed by atoms with Crippen LogP contribution < -0.4 is 5.32 Å². The van der Waals surface area contributed by atoms with E-state index >= 15 is 0 Å². The summed E-state index contributed by atoms with van der Waals surface area (Å²) in [4.78, 5) is 0. The molecule has 2 rings (SSSR count). The SMILES string of the molecule is Cc1ccc([C@@H](OS(C)(=O)=O)C(Cl)(Cl)[C@H](NC(C)C)c2ccccc2)cc1. The van der Waals surface area contributed by atoms with E-state index in [1.165, 1.54) is 0 Å². The van der Waals surface area contributed by atoms with Crippen LogP contribution in [-0.2, 0) is 14.3 Å². The predicted molar refractivity (Wildman–Crippen MR) is 112 cm³/mol. The smallest absolute Gasteiger partial charge is 0.265 e. The first-order valence-electron chi connectivity index (χ1n) is 8.64. The predicted octanol–water partition coefficient (Wildman–Crippen LogP) is 4.93. The van der Waals surface area contributed by atoms with Crippen molar-refractivity contribution in [1.29, 1.82) is 0 Å². The summed E-state index contributed by atoms with van der Waals surface area (Å²) in [5.41, 5.74) is 2.46. The Balaban J connectivity index is 2.55. The fourth-order valence-electron chi connectivity index (χ4n) is 2.82. The maximum atomic E-state index is 11.9. The molecule has 4 nitrogen and oxygen atoms in total. The van der Waals surface area contributed by atoms with Crippen LogP contribution in [0.5, 0.6) is 0 Å². The topological polar surface area (TPSA) is 55.4 Å². The van der Waals surface area contributed by atoms with Gasteiger partial charge in [-0.05, 0) is 18.1 Å². The summed E-state index contributed by atoms with van der Waals surface area (Å²) in [7, 11) is -3.81. The summed E-state index contributed by atoms with van der Waals surface area (Å²) in [6.45, 7) is 5.88. The van der Waals surface area contributed by atoms with E-state index in [1.54, 1.807) is 12.1 Å². The van der Waals surface area contributed by atoms with Crippen molar-refractivity contribution in [3.63, 3.8) is 0 Å². The number of alkyl halides is 2. The third-order valence-corrected chi connectivity index (χ3v) is 5.39. The molecule has 0 fully saturated rings. The first kappa shape index (κ1) is 22.2. The molecular weight excluding hydrogens is 405 g/mol. The number of hydrogen-bond donors (Lipinski definition) is 1. The fraction of sp³-hybridized carbons (Fsp3) is 0.400. The van der Waals surface area contributed by atoms with Crippen molar-refractivity contribution >= 4 is 33.3 Å². The fourth-order valence-corrected chi connectivity index (χ4v) is 4.25. The zero-order chi connectivity index (χ0) is 20.2. The van der Waals surface area contributed by atoms with Gasteiger partial charge in [-0.15, -0.1) is 0 Å². The van der Waals surface area contributed by atoms with Gasteiger partial charge >= 0.3 is 0 Å². The van der Waals surface area contributed by atoms with Crippen molar-refractivity contribution in [2.45, 2.75) is 43.3 Å². The number of benzene rings is 2. The largest absolute Gasteiger partial charge is 0.305 e. The molecule has 27 heavy (non-hydrogen) atoms. The summed E-state index contributed by atoms with van der Waals surface area (Å²) < 4.78 is 27.7. The summed E-state index contributed by atoms with van der Waals surface area (Å²) in [5.74, 6) is 0. The zero-order valence-corrected chi connectivity index (χ0v) is 18.1. The van der Waals surface area contributed by atoms with Crippen molar-refractivity contribution in [2.24, 2.45) is 0 Å². The molecule has 0 amide bonds. The number of rotatable bonds is 8. The van der Waals surface area contributed by atoms with Gasteiger partial charge in [0.25, 0.3) is 10.1 Å². The van der Waals surface area contributed by atoms with Crippen LogP contribution in [0, 0.1) is 6.92 Å². The highest BCUT2D eigenvalue weighted by atomic mass is 35.5. The third kappa shape index (κ3) is 6.19. The van der Waals surface area contributed by atoms with Gasteiger partial charge in [-0.25, -0.2) is 0 Å². The summed E-state index contributed by atoms with van der Waals surface area (Å²) in [5, 5.41) is 3.35. The van der Waals surface area contributed by atoms with Crippen LogP contribution >= 0.6 is 23.2 Å². The van der Waals surface area contributed by atoms with Crippen LogP contribution in [0.15, 0.2) is 54.6 Å². The van der Waals surface area contributed by atoms with E-state index in [0.717, 1.165) is 17.4 Å². The summed E-state index contributed by atoms with van der Waals surface area (Å²) in [6, 6.07) is 16.2. The lowest BCUT2D eigenvalue weighted by molar-refractivity contribution is 0.171. The third-order valence-electron chi connectivity index (χ3n) is 4.02. The first-order valence-corrected chi connectivity index (χ1v) is 11.2. The number of halogens is 2. The van der Waals surface area contributed by atoms with Gasteiger partial charge in [0.15, 0.2) is 4.33 Å². The molecular formula is C20H25Cl2NO3S. The first-order chi connectivity index (χ1) is 12.5. The molecule has 0 heterocycles. The Bertz CT molecular complexity index is 837. The standard InChI is InChI=1S/C20H25Cl2NO3S/c1-14(2)23-18(16-8-6-5-7-9-16)20(21,22)19(26-27(4,24)25)17-12-10-15(3)11-13-17/h5-14,18-19,23H,1-4H3/t18-,19-/m1/s1. The molecule has 0 bridgehead atoms. The normalized spacial score (nSPS) is 14.9. The van der Waals surface area contributed by atoms with Crippen molar-refractivity contribution in [3.05, 3.63) is 71.3 Å². The minimum atomic E-state index is -3.81.